The van der Waals surface area contributed by atoms with E-state index in [1.165, 1.54) is 0 Å². The van der Waals surface area contributed by atoms with Crippen LogP contribution in [-0.4, -0.2) is 26.0 Å². The first kappa shape index (κ1) is 15.8. The lowest BCUT2D eigenvalue weighted by Crippen LogP contribution is -2.02. The molecule has 128 valence electrons. The number of aromatic nitrogens is 3. The molecule has 0 unspecified atom stereocenters. The number of nitrogens with zero attached hydrogens (tertiary/aromatic N) is 2. The summed E-state index contributed by atoms with van der Waals surface area (Å²) in [4.78, 5) is 23.1. The summed E-state index contributed by atoms with van der Waals surface area (Å²) in [5.41, 5.74) is 3.81. The number of fused-ring (bicyclic) bond motifs is 1. The summed E-state index contributed by atoms with van der Waals surface area (Å²) < 4.78 is 0. The molecule has 3 aromatic heterocycles. The van der Waals surface area contributed by atoms with Crippen molar-refractivity contribution in [2.24, 2.45) is 0 Å². The molecule has 0 fully saturated rings. The highest BCUT2D eigenvalue weighted by molar-refractivity contribution is 5.96. The van der Waals surface area contributed by atoms with Crippen LogP contribution in [0, 0.1) is 0 Å². The number of H-pyrrole nitrogens is 1. The Morgan fingerprint density at radius 1 is 1.15 bits per heavy atom. The Morgan fingerprint density at radius 2 is 2.08 bits per heavy atom. The third-order valence-electron chi connectivity index (χ3n) is 4.15. The Bertz CT molecular complexity index is 1070. The highest BCUT2D eigenvalue weighted by Gasteiger charge is 2.11. The van der Waals surface area contributed by atoms with Crippen LogP contribution in [0.5, 0.6) is 0 Å². The molecule has 6 heteroatoms. The molecular weight excluding hydrogens is 328 g/mol. The third-order valence-corrected chi connectivity index (χ3v) is 4.15. The molecule has 0 amide bonds. The number of aromatic carboxylic acids is 1. The molecule has 0 aliphatic heterocycles. The number of anilines is 1. The predicted octanol–water partition coefficient (Wildman–Crippen LogP) is 3.94. The van der Waals surface area contributed by atoms with Gasteiger partial charge in [-0.05, 0) is 47.0 Å². The minimum Gasteiger partial charge on any atom is -0.478 e. The number of hydrogen-bond donors (Lipinski definition) is 3. The summed E-state index contributed by atoms with van der Waals surface area (Å²) in [5.74, 6) is -0.235. The van der Waals surface area contributed by atoms with Gasteiger partial charge in [-0.3, -0.25) is 4.98 Å². The van der Waals surface area contributed by atoms with Gasteiger partial charge in [0.2, 0.25) is 0 Å². The minimum atomic E-state index is -0.943. The quantitative estimate of drug-likeness (QED) is 0.510. The number of benzene rings is 1. The first-order valence-electron chi connectivity index (χ1n) is 8.15. The van der Waals surface area contributed by atoms with E-state index in [4.69, 9.17) is 0 Å². The van der Waals surface area contributed by atoms with E-state index < -0.39 is 5.97 Å². The number of nitrogens with one attached hydrogen (secondary N) is 2. The molecule has 1 aromatic carbocycles. The lowest BCUT2D eigenvalue weighted by molar-refractivity contribution is 0.0697. The molecule has 6 nitrogen and oxygen atoms in total. The normalized spacial score (nSPS) is 10.8. The van der Waals surface area contributed by atoms with Crippen molar-refractivity contribution in [1.29, 1.82) is 0 Å². The van der Waals surface area contributed by atoms with E-state index in [2.05, 4.69) is 20.3 Å². The Kier molecular flexibility index (Phi) is 4.07. The van der Waals surface area contributed by atoms with Gasteiger partial charge in [-0.2, -0.15) is 0 Å². The molecule has 0 saturated heterocycles. The average Bonchev–Trinajstić information content (AvgIpc) is 3.15. The summed E-state index contributed by atoms with van der Waals surface area (Å²) in [6.07, 6.45) is 5.37. The smallest absolute Gasteiger partial charge is 0.335 e. The van der Waals surface area contributed by atoms with Crippen LogP contribution in [0.1, 0.15) is 15.9 Å². The zero-order valence-corrected chi connectivity index (χ0v) is 13.8. The second-order valence-corrected chi connectivity index (χ2v) is 5.90. The standard InChI is InChI=1S/C20H16N4O2/c25-20(26)15-5-1-4-14(9-15)17-10-18(24-19-16(17)6-8-22-19)23-12-13-3-2-7-21-11-13/h1-11H,12H2,(H,25,26)(H2,22,23,24). The van der Waals surface area contributed by atoms with Gasteiger partial charge in [0, 0.05) is 30.5 Å². The van der Waals surface area contributed by atoms with Crippen molar-refractivity contribution in [2.75, 3.05) is 5.32 Å². The van der Waals surface area contributed by atoms with Crippen LogP contribution in [0.15, 0.2) is 67.1 Å². The summed E-state index contributed by atoms with van der Waals surface area (Å²) in [6.45, 7) is 0.599. The number of carbonyl (C=O) groups is 1. The number of carboxylic acids is 1. The van der Waals surface area contributed by atoms with Gasteiger partial charge in [-0.1, -0.05) is 18.2 Å². The number of hydrogen-bond acceptors (Lipinski definition) is 4. The topological polar surface area (TPSA) is 90.9 Å². The van der Waals surface area contributed by atoms with Crippen LogP contribution in [-0.2, 0) is 6.54 Å². The molecule has 0 radical (unpaired) electrons. The van der Waals surface area contributed by atoms with Crippen molar-refractivity contribution in [3.05, 3.63) is 78.2 Å². The monoisotopic (exact) mass is 344 g/mol. The molecule has 0 aliphatic carbocycles. The van der Waals surface area contributed by atoms with Gasteiger partial charge in [0.05, 0.1) is 5.56 Å². The maximum atomic E-state index is 11.3. The molecule has 0 bridgehead atoms. The molecule has 0 spiro atoms. The minimum absolute atomic E-state index is 0.257. The fraction of sp³-hybridized carbons (Fsp3) is 0.0500. The van der Waals surface area contributed by atoms with E-state index >= 15 is 0 Å². The van der Waals surface area contributed by atoms with Gasteiger partial charge in [0.1, 0.15) is 11.5 Å². The van der Waals surface area contributed by atoms with Gasteiger partial charge in [0.25, 0.3) is 0 Å². The molecule has 4 aromatic rings. The van der Waals surface area contributed by atoms with E-state index in [0.717, 1.165) is 27.7 Å². The summed E-state index contributed by atoms with van der Waals surface area (Å²) >= 11 is 0. The number of pyridine rings is 2. The van der Waals surface area contributed by atoms with E-state index in [-0.39, 0.29) is 5.56 Å². The van der Waals surface area contributed by atoms with Gasteiger partial charge >= 0.3 is 5.97 Å². The van der Waals surface area contributed by atoms with Crippen molar-refractivity contribution in [1.82, 2.24) is 15.0 Å². The average molecular weight is 344 g/mol. The van der Waals surface area contributed by atoms with Crippen molar-refractivity contribution in [2.45, 2.75) is 6.54 Å². The largest absolute Gasteiger partial charge is 0.478 e. The first-order chi connectivity index (χ1) is 12.7. The summed E-state index contributed by atoms with van der Waals surface area (Å²) in [5, 5.41) is 13.5. The number of aromatic amines is 1. The van der Waals surface area contributed by atoms with Crippen LogP contribution in [0.25, 0.3) is 22.2 Å². The molecule has 0 saturated carbocycles. The molecule has 26 heavy (non-hydrogen) atoms. The molecular formula is C20H16N4O2. The Balaban J connectivity index is 1.73. The van der Waals surface area contributed by atoms with Crippen LogP contribution < -0.4 is 5.32 Å². The first-order valence-corrected chi connectivity index (χ1v) is 8.15. The van der Waals surface area contributed by atoms with Crippen molar-refractivity contribution in [3.63, 3.8) is 0 Å². The van der Waals surface area contributed by atoms with Gasteiger partial charge in [0.15, 0.2) is 0 Å². The Morgan fingerprint density at radius 3 is 2.88 bits per heavy atom. The van der Waals surface area contributed by atoms with Gasteiger partial charge < -0.3 is 15.4 Å². The van der Waals surface area contributed by atoms with Crippen LogP contribution in [0.4, 0.5) is 5.82 Å². The van der Waals surface area contributed by atoms with E-state index in [1.807, 2.05) is 36.5 Å². The Hall–Kier alpha value is -3.67. The van der Waals surface area contributed by atoms with E-state index in [9.17, 15) is 9.90 Å². The Labute approximate surface area is 149 Å². The van der Waals surface area contributed by atoms with E-state index in [0.29, 0.717) is 12.4 Å². The zero-order chi connectivity index (χ0) is 17.9. The molecule has 0 aliphatic rings. The molecule has 0 atom stereocenters. The van der Waals surface area contributed by atoms with E-state index in [1.54, 1.807) is 30.6 Å². The summed E-state index contributed by atoms with van der Waals surface area (Å²) in [6, 6.07) is 14.7. The highest BCUT2D eigenvalue weighted by Crippen LogP contribution is 2.30. The van der Waals surface area contributed by atoms with Crippen LogP contribution >= 0.6 is 0 Å². The number of rotatable bonds is 5. The second-order valence-electron chi connectivity index (χ2n) is 5.90. The highest BCUT2D eigenvalue weighted by atomic mass is 16.4. The van der Waals surface area contributed by atoms with Crippen LogP contribution in [0.2, 0.25) is 0 Å². The predicted molar refractivity (Wildman–Crippen MR) is 100 cm³/mol. The zero-order valence-electron chi connectivity index (χ0n) is 13.8. The molecule has 3 heterocycles. The molecule has 3 N–H and O–H groups in total. The third kappa shape index (κ3) is 3.12. The number of carboxylic acid groups (broad SMARTS) is 1. The fourth-order valence-electron chi connectivity index (χ4n) is 2.88. The molecule has 4 rings (SSSR count). The van der Waals surface area contributed by atoms with Crippen LogP contribution in [0.3, 0.4) is 0 Å². The lowest BCUT2D eigenvalue weighted by Gasteiger charge is -2.10. The van der Waals surface area contributed by atoms with Crippen molar-refractivity contribution in [3.8, 4) is 11.1 Å². The van der Waals surface area contributed by atoms with Crippen molar-refractivity contribution < 1.29 is 9.90 Å². The van der Waals surface area contributed by atoms with Gasteiger partial charge in [-0.15, -0.1) is 0 Å². The second kappa shape index (κ2) is 6.68. The fourth-order valence-corrected chi connectivity index (χ4v) is 2.88. The maximum absolute atomic E-state index is 11.3. The SMILES string of the molecule is O=C(O)c1cccc(-c2cc(NCc3cccnc3)nc3[nH]ccc23)c1. The lowest BCUT2D eigenvalue weighted by atomic mass is 10.0. The van der Waals surface area contributed by atoms with Crippen molar-refractivity contribution >= 4 is 22.8 Å². The van der Waals surface area contributed by atoms with Gasteiger partial charge in [-0.25, -0.2) is 9.78 Å². The summed E-state index contributed by atoms with van der Waals surface area (Å²) in [7, 11) is 0. The maximum Gasteiger partial charge on any atom is 0.335 e.